The summed E-state index contributed by atoms with van der Waals surface area (Å²) in [5.74, 6) is 0.970. The molecule has 0 amide bonds. The SMILES string of the molecule is CNCC1(CC2CCCN(C)C2)CCC1. The third-order valence-electron chi connectivity index (χ3n) is 4.41. The molecular weight excluding hydrogens is 184 g/mol. The zero-order chi connectivity index (χ0) is 10.7. The number of hydrogen-bond donors (Lipinski definition) is 1. The van der Waals surface area contributed by atoms with Crippen LogP contribution in [0.25, 0.3) is 0 Å². The fourth-order valence-corrected chi connectivity index (χ4v) is 3.56. The van der Waals surface area contributed by atoms with Crippen LogP contribution in [0.15, 0.2) is 0 Å². The van der Waals surface area contributed by atoms with Crippen LogP contribution in [0.3, 0.4) is 0 Å². The van der Waals surface area contributed by atoms with E-state index >= 15 is 0 Å². The molecule has 1 N–H and O–H groups in total. The van der Waals surface area contributed by atoms with E-state index < -0.39 is 0 Å². The summed E-state index contributed by atoms with van der Waals surface area (Å²) < 4.78 is 0. The van der Waals surface area contributed by atoms with Crippen LogP contribution >= 0.6 is 0 Å². The minimum absolute atomic E-state index is 0.678. The highest BCUT2D eigenvalue weighted by molar-refractivity contribution is 4.92. The van der Waals surface area contributed by atoms with E-state index in [2.05, 4.69) is 24.3 Å². The molecule has 2 rings (SSSR count). The largest absolute Gasteiger partial charge is 0.319 e. The molecule has 1 aliphatic carbocycles. The van der Waals surface area contributed by atoms with E-state index in [1.54, 1.807) is 0 Å². The van der Waals surface area contributed by atoms with Crippen LogP contribution < -0.4 is 5.32 Å². The molecule has 0 spiro atoms. The van der Waals surface area contributed by atoms with Crippen molar-refractivity contribution < 1.29 is 0 Å². The van der Waals surface area contributed by atoms with E-state index in [9.17, 15) is 0 Å². The molecule has 1 unspecified atom stereocenters. The summed E-state index contributed by atoms with van der Waals surface area (Å²) >= 11 is 0. The van der Waals surface area contributed by atoms with Crippen LogP contribution in [0.4, 0.5) is 0 Å². The van der Waals surface area contributed by atoms with Crippen LogP contribution in [-0.2, 0) is 0 Å². The average molecular weight is 210 g/mol. The Morgan fingerprint density at radius 3 is 2.67 bits per heavy atom. The molecule has 0 aromatic heterocycles. The van der Waals surface area contributed by atoms with E-state index in [4.69, 9.17) is 0 Å². The number of hydrogen-bond acceptors (Lipinski definition) is 2. The molecule has 88 valence electrons. The molecule has 15 heavy (non-hydrogen) atoms. The van der Waals surface area contributed by atoms with Crippen molar-refractivity contribution in [3.05, 3.63) is 0 Å². The lowest BCUT2D eigenvalue weighted by Crippen LogP contribution is -2.43. The van der Waals surface area contributed by atoms with Gasteiger partial charge in [0, 0.05) is 13.1 Å². The number of nitrogens with one attached hydrogen (secondary N) is 1. The van der Waals surface area contributed by atoms with E-state index in [0.717, 1.165) is 5.92 Å². The highest BCUT2D eigenvalue weighted by atomic mass is 15.1. The Morgan fingerprint density at radius 2 is 2.13 bits per heavy atom. The Hall–Kier alpha value is -0.0800. The van der Waals surface area contributed by atoms with Gasteiger partial charge in [0.25, 0.3) is 0 Å². The topological polar surface area (TPSA) is 15.3 Å². The van der Waals surface area contributed by atoms with Gasteiger partial charge in [0.1, 0.15) is 0 Å². The Labute approximate surface area is 94.4 Å². The fourth-order valence-electron chi connectivity index (χ4n) is 3.56. The molecule has 1 aliphatic heterocycles. The molecule has 1 saturated carbocycles. The van der Waals surface area contributed by atoms with Gasteiger partial charge in [-0.2, -0.15) is 0 Å². The summed E-state index contributed by atoms with van der Waals surface area (Å²) in [5, 5.41) is 3.40. The molecule has 1 saturated heterocycles. The van der Waals surface area contributed by atoms with Gasteiger partial charge in [-0.25, -0.2) is 0 Å². The minimum Gasteiger partial charge on any atom is -0.319 e. The fraction of sp³-hybridized carbons (Fsp3) is 1.00. The van der Waals surface area contributed by atoms with Crippen LogP contribution in [0.1, 0.15) is 38.5 Å². The van der Waals surface area contributed by atoms with Crippen molar-refractivity contribution in [2.45, 2.75) is 38.5 Å². The maximum atomic E-state index is 3.40. The van der Waals surface area contributed by atoms with Gasteiger partial charge in [0.15, 0.2) is 0 Å². The second-order valence-electron chi connectivity index (χ2n) is 5.86. The van der Waals surface area contributed by atoms with Gasteiger partial charge in [0.2, 0.25) is 0 Å². The van der Waals surface area contributed by atoms with Crippen LogP contribution in [0, 0.1) is 11.3 Å². The normalized spacial score (nSPS) is 31.2. The lowest BCUT2D eigenvalue weighted by Gasteiger charge is -2.45. The molecule has 0 radical (unpaired) electrons. The molecule has 2 fully saturated rings. The summed E-state index contributed by atoms with van der Waals surface area (Å²) in [6, 6.07) is 0. The van der Waals surface area contributed by atoms with Crippen molar-refractivity contribution in [2.75, 3.05) is 33.7 Å². The summed E-state index contributed by atoms with van der Waals surface area (Å²) in [7, 11) is 4.38. The first-order valence-corrected chi connectivity index (χ1v) is 6.57. The lowest BCUT2D eigenvalue weighted by atomic mass is 9.63. The van der Waals surface area contributed by atoms with Gasteiger partial charge < -0.3 is 10.2 Å². The average Bonchev–Trinajstić information content (AvgIpc) is 2.15. The number of piperidine rings is 1. The second kappa shape index (κ2) is 4.84. The lowest BCUT2D eigenvalue weighted by molar-refractivity contribution is 0.0684. The molecule has 2 aliphatic rings. The van der Waals surface area contributed by atoms with Gasteiger partial charge in [-0.05, 0) is 64.1 Å². The molecule has 2 nitrogen and oxygen atoms in total. The van der Waals surface area contributed by atoms with Crippen molar-refractivity contribution in [3.8, 4) is 0 Å². The second-order valence-corrected chi connectivity index (χ2v) is 5.86. The first-order valence-electron chi connectivity index (χ1n) is 6.57. The summed E-state index contributed by atoms with van der Waals surface area (Å²) in [6.07, 6.45) is 8.75. The number of rotatable bonds is 4. The van der Waals surface area contributed by atoms with E-state index in [0.29, 0.717) is 5.41 Å². The highest BCUT2D eigenvalue weighted by Crippen LogP contribution is 2.46. The third kappa shape index (κ3) is 2.73. The van der Waals surface area contributed by atoms with Crippen molar-refractivity contribution in [2.24, 2.45) is 11.3 Å². The summed E-state index contributed by atoms with van der Waals surface area (Å²) in [4.78, 5) is 2.51. The Morgan fingerprint density at radius 1 is 1.33 bits per heavy atom. The maximum absolute atomic E-state index is 3.40. The third-order valence-corrected chi connectivity index (χ3v) is 4.41. The zero-order valence-electron chi connectivity index (χ0n) is 10.4. The Bertz CT molecular complexity index is 199. The van der Waals surface area contributed by atoms with Crippen molar-refractivity contribution in [1.29, 1.82) is 0 Å². The molecule has 0 bridgehead atoms. The minimum atomic E-state index is 0.678. The predicted molar refractivity (Wildman–Crippen MR) is 65.0 cm³/mol. The van der Waals surface area contributed by atoms with Gasteiger partial charge >= 0.3 is 0 Å². The first-order chi connectivity index (χ1) is 7.24. The van der Waals surface area contributed by atoms with Crippen molar-refractivity contribution in [1.82, 2.24) is 10.2 Å². The molecule has 0 aromatic carbocycles. The number of nitrogens with zero attached hydrogens (tertiary/aromatic N) is 1. The summed E-state index contributed by atoms with van der Waals surface area (Å²) in [6.45, 7) is 3.90. The van der Waals surface area contributed by atoms with Crippen LogP contribution in [0.2, 0.25) is 0 Å². The molecule has 2 heteroatoms. The van der Waals surface area contributed by atoms with Crippen molar-refractivity contribution >= 4 is 0 Å². The van der Waals surface area contributed by atoms with E-state index in [-0.39, 0.29) is 0 Å². The Balaban J connectivity index is 1.83. The zero-order valence-corrected chi connectivity index (χ0v) is 10.4. The molecule has 1 atom stereocenters. The quantitative estimate of drug-likeness (QED) is 0.764. The van der Waals surface area contributed by atoms with Gasteiger partial charge in [-0.15, -0.1) is 0 Å². The predicted octanol–water partition coefficient (Wildman–Crippen LogP) is 2.11. The van der Waals surface area contributed by atoms with Crippen LogP contribution in [-0.4, -0.2) is 38.6 Å². The molecule has 1 heterocycles. The van der Waals surface area contributed by atoms with Crippen LogP contribution in [0.5, 0.6) is 0 Å². The monoisotopic (exact) mass is 210 g/mol. The Kier molecular flexibility index (Phi) is 3.68. The molecular formula is C13H26N2. The van der Waals surface area contributed by atoms with Gasteiger partial charge in [-0.1, -0.05) is 6.42 Å². The summed E-state index contributed by atoms with van der Waals surface area (Å²) in [5.41, 5.74) is 0.678. The van der Waals surface area contributed by atoms with Gasteiger partial charge in [0.05, 0.1) is 0 Å². The first kappa shape index (κ1) is 11.4. The van der Waals surface area contributed by atoms with E-state index in [1.165, 1.54) is 58.2 Å². The number of likely N-dealkylation sites (tertiary alicyclic amines) is 1. The van der Waals surface area contributed by atoms with E-state index in [1.807, 2.05) is 0 Å². The van der Waals surface area contributed by atoms with Crippen molar-refractivity contribution in [3.63, 3.8) is 0 Å². The van der Waals surface area contributed by atoms with Gasteiger partial charge in [-0.3, -0.25) is 0 Å². The highest BCUT2D eigenvalue weighted by Gasteiger charge is 2.38. The smallest absolute Gasteiger partial charge is 0.000683 e. The maximum Gasteiger partial charge on any atom is 0.000683 e. The molecule has 0 aromatic rings. The standard InChI is InChI=1S/C13H26N2/c1-14-11-13(6-4-7-13)9-12-5-3-8-15(2)10-12/h12,14H,3-11H2,1-2H3.